The molecule has 1 fully saturated rings. The molecule has 0 N–H and O–H groups in total. The van der Waals surface area contributed by atoms with Crippen molar-refractivity contribution in [1.82, 2.24) is 14.8 Å². The van der Waals surface area contributed by atoms with Crippen LogP contribution in [0.25, 0.3) is 0 Å². The fraction of sp³-hybridized carbons (Fsp3) is 0.500. The third-order valence-electron chi connectivity index (χ3n) is 3.77. The molecule has 0 saturated heterocycles. The Morgan fingerprint density at radius 3 is 2.65 bits per heavy atom. The van der Waals surface area contributed by atoms with Gasteiger partial charge < -0.3 is 4.57 Å². The van der Waals surface area contributed by atoms with Gasteiger partial charge >= 0.3 is 0 Å². The average molecular weight is 287 g/mol. The van der Waals surface area contributed by atoms with Crippen LogP contribution in [0.15, 0.2) is 29.4 Å². The molecule has 0 unspecified atom stereocenters. The predicted octanol–water partition coefficient (Wildman–Crippen LogP) is 4.34. The first-order valence-electron chi connectivity index (χ1n) is 7.29. The van der Waals surface area contributed by atoms with E-state index in [1.807, 2.05) is 0 Å². The Hall–Kier alpha value is -1.29. The molecule has 20 heavy (non-hydrogen) atoms. The van der Waals surface area contributed by atoms with Gasteiger partial charge in [0, 0.05) is 17.7 Å². The highest BCUT2D eigenvalue weighted by Crippen LogP contribution is 2.41. The molecule has 1 aliphatic rings. The molecule has 2 aromatic rings. The summed E-state index contributed by atoms with van der Waals surface area (Å²) in [5.41, 5.74) is 2.72. The van der Waals surface area contributed by atoms with E-state index in [4.69, 9.17) is 0 Å². The van der Waals surface area contributed by atoms with E-state index in [0.717, 1.165) is 10.9 Å². The number of nitrogens with zero attached hydrogens (tertiary/aromatic N) is 3. The summed E-state index contributed by atoms with van der Waals surface area (Å²) >= 11 is 1.80. The normalized spacial score (nSPS) is 15.0. The highest BCUT2D eigenvalue weighted by Gasteiger charge is 2.31. The Morgan fingerprint density at radius 2 is 2.00 bits per heavy atom. The van der Waals surface area contributed by atoms with Gasteiger partial charge in [0.15, 0.2) is 5.16 Å². The van der Waals surface area contributed by atoms with Gasteiger partial charge in [-0.2, -0.15) is 0 Å². The van der Waals surface area contributed by atoms with E-state index in [0.29, 0.717) is 12.0 Å². The van der Waals surface area contributed by atoms with Gasteiger partial charge in [0.1, 0.15) is 5.82 Å². The minimum Gasteiger partial charge on any atom is -0.303 e. The molecule has 0 atom stereocenters. The summed E-state index contributed by atoms with van der Waals surface area (Å²) in [5, 5.41) is 9.91. The first-order valence-corrected chi connectivity index (χ1v) is 8.27. The van der Waals surface area contributed by atoms with Crippen molar-refractivity contribution >= 4 is 11.8 Å². The zero-order chi connectivity index (χ0) is 14.1. The number of thioether (sulfide) groups is 1. The van der Waals surface area contributed by atoms with E-state index in [1.165, 1.54) is 29.8 Å². The molecule has 1 aromatic carbocycles. The molecule has 1 aliphatic carbocycles. The number of rotatable bonds is 5. The lowest BCUT2D eigenvalue weighted by molar-refractivity contribution is 0.526. The second-order valence-corrected chi connectivity index (χ2v) is 6.74. The zero-order valence-corrected chi connectivity index (χ0v) is 13.2. The monoisotopic (exact) mass is 287 g/mol. The lowest BCUT2D eigenvalue weighted by Crippen LogP contribution is -2.07. The standard InChI is InChI=1S/C16H21N3S/c1-11(2)19-15(13-8-9-13)17-18-16(19)20-10-14-7-5-4-6-12(14)3/h4-7,11,13H,8-10H2,1-3H3. The van der Waals surface area contributed by atoms with Gasteiger partial charge in [0.05, 0.1) is 0 Å². The lowest BCUT2D eigenvalue weighted by Gasteiger charge is -2.13. The number of aryl methyl sites for hydroxylation is 1. The molecule has 0 bridgehead atoms. The second-order valence-electron chi connectivity index (χ2n) is 5.79. The van der Waals surface area contributed by atoms with Crippen molar-refractivity contribution in [1.29, 1.82) is 0 Å². The van der Waals surface area contributed by atoms with Crippen molar-refractivity contribution in [3.63, 3.8) is 0 Å². The summed E-state index contributed by atoms with van der Waals surface area (Å²) in [6, 6.07) is 8.98. The summed E-state index contributed by atoms with van der Waals surface area (Å²) in [6.07, 6.45) is 2.54. The van der Waals surface area contributed by atoms with Gasteiger partial charge in [-0.15, -0.1) is 10.2 Å². The fourth-order valence-corrected chi connectivity index (χ4v) is 3.56. The molecule has 0 amide bonds. The van der Waals surface area contributed by atoms with Crippen molar-refractivity contribution in [3.05, 3.63) is 41.2 Å². The van der Waals surface area contributed by atoms with Gasteiger partial charge in [0.2, 0.25) is 0 Å². The topological polar surface area (TPSA) is 30.7 Å². The molecule has 3 rings (SSSR count). The van der Waals surface area contributed by atoms with Crippen LogP contribution in [-0.4, -0.2) is 14.8 Å². The van der Waals surface area contributed by atoms with E-state index in [9.17, 15) is 0 Å². The fourth-order valence-electron chi connectivity index (χ4n) is 2.41. The van der Waals surface area contributed by atoms with Gasteiger partial charge in [-0.05, 0) is 44.7 Å². The second kappa shape index (κ2) is 5.60. The molecule has 1 saturated carbocycles. The van der Waals surface area contributed by atoms with E-state index in [-0.39, 0.29) is 0 Å². The number of aromatic nitrogens is 3. The summed E-state index contributed by atoms with van der Waals surface area (Å²) in [5.74, 6) is 2.80. The van der Waals surface area contributed by atoms with Crippen molar-refractivity contribution < 1.29 is 0 Å². The maximum absolute atomic E-state index is 4.43. The van der Waals surface area contributed by atoms with Crippen LogP contribution in [0.3, 0.4) is 0 Å². The Kier molecular flexibility index (Phi) is 3.83. The summed E-state index contributed by atoms with van der Waals surface area (Å²) < 4.78 is 2.32. The van der Waals surface area contributed by atoms with E-state index in [1.54, 1.807) is 11.8 Å². The van der Waals surface area contributed by atoms with Crippen molar-refractivity contribution in [3.8, 4) is 0 Å². The minimum absolute atomic E-state index is 0.431. The van der Waals surface area contributed by atoms with Gasteiger partial charge in [-0.3, -0.25) is 0 Å². The Labute approximate surface area is 124 Å². The third kappa shape index (κ3) is 2.75. The molecule has 0 aliphatic heterocycles. The van der Waals surface area contributed by atoms with Crippen molar-refractivity contribution in [2.24, 2.45) is 0 Å². The maximum Gasteiger partial charge on any atom is 0.191 e. The van der Waals surface area contributed by atoms with Crippen LogP contribution in [0.5, 0.6) is 0 Å². The first kappa shape index (κ1) is 13.7. The summed E-state index contributed by atoms with van der Waals surface area (Å²) in [4.78, 5) is 0. The third-order valence-corrected chi connectivity index (χ3v) is 4.76. The number of benzene rings is 1. The number of hydrogen-bond acceptors (Lipinski definition) is 3. The molecule has 1 aromatic heterocycles. The maximum atomic E-state index is 4.43. The van der Waals surface area contributed by atoms with Crippen LogP contribution in [0.4, 0.5) is 0 Å². The lowest BCUT2D eigenvalue weighted by atomic mass is 10.1. The van der Waals surface area contributed by atoms with Crippen LogP contribution < -0.4 is 0 Å². The molecule has 0 radical (unpaired) electrons. The van der Waals surface area contributed by atoms with Crippen LogP contribution in [-0.2, 0) is 5.75 Å². The molecular weight excluding hydrogens is 266 g/mol. The Morgan fingerprint density at radius 1 is 1.25 bits per heavy atom. The van der Waals surface area contributed by atoms with Crippen LogP contribution in [0.2, 0.25) is 0 Å². The highest BCUT2D eigenvalue weighted by atomic mass is 32.2. The van der Waals surface area contributed by atoms with Crippen LogP contribution in [0, 0.1) is 6.92 Å². The van der Waals surface area contributed by atoms with Crippen molar-refractivity contribution in [2.75, 3.05) is 0 Å². The van der Waals surface area contributed by atoms with E-state index >= 15 is 0 Å². The minimum atomic E-state index is 0.431. The first-order chi connectivity index (χ1) is 9.66. The molecule has 4 heteroatoms. The quantitative estimate of drug-likeness (QED) is 0.767. The SMILES string of the molecule is Cc1ccccc1CSc1nnc(C2CC2)n1C(C)C. The molecule has 1 heterocycles. The molecule has 106 valence electrons. The van der Waals surface area contributed by atoms with Gasteiger partial charge in [-0.1, -0.05) is 36.0 Å². The zero-order valence-electron chi connectivity index (χ0n) is 12.3. The van der Waals surface area contributed by atoms with Crippen LogP contribution in [0.1, 0.15) is 55.6 Å². The highest BCUT2D eigenvalue weighted by molar-refractivity contribution is 7.98. The largest absolute Gasteiger partial charge is 0.303 e. The predicted molar refractivity (Wildman–Crippen MR) is 83.1 cm³/mol. The van der Waals surface area contributed by atoms with E-state index < -0.39 is 0 Å². The summed E-state index contributed by atoms with van der Waals surface area (Å²) in [7, 11) is 0. The Bertz CT molecular complexity index is 600. The van der Waals surface area contributed by atoms with Gasteiger partial charge in [0.25, 0.3) is 0 Å². The smallest absolute Gasteiger partial charge is 0.191 e. The molecule has 0 spiro atoms. The average Bonchev–Trinajstić information content (AvgIpc) is 3.18. The van der Waals surface area contributed by atoms with Crippen LogP contribution >= 0.6 is 11.8 Å². The Balaban J connectivity index is 1.79. The summed E-state index contributed by atoms with van der Waals surface area (Å²) in [6.45, 7) is 6.60. The van der Waals surface area contributed by atoms with Crippen molar-refractivity contribution in [2.45, 2.75) is 56.5 Å². The number of hydrogen-bond donors (Lipinski definition) is 0. The van der Waals surface area contributed by atoms with Gasteiger partial charge in [-0.25, -0.2) is 0 Å². The molecule has 3 nitrogen and oxygen atoms in total. The molecular formula is C16H21N3S. The van der Waals surface area contributed by atoms with E-state index in [2.05, 4.69) is 59.8 Å².